The van der Waals surface area contributed by atoms with Gasteiger partial charge in [-0.3, -0.25) is 14.5 Å². The minimum Gasteiger partial charge on any atom is -0.507 e. The maximum atomic E-state index is 13.5. The number of halogens is 1. The molecule has 2 aliphatic rings. The van der Waals surface area contributed by atoms with Crippen LogP contribution in [0, 0.1) is 0 Å². The molecule has 1 saturated heterocycles. The van der Waals surface area contributed by atoms with Crippen molar-refractivity contribution in [1.29, 1.82) is 0 Å². The number of aliphatic hydroxyl groups is 1. The molecule has 1 N–H and O–H groups in total. The Balaban J connectivity index is 1.54. The maximum Gasteiger partial charge on any atom is 0.301 e. The van der Waals surface area contributed by atoms with Crippen LogP contribution in [0.2, 0.25) is 5.02 Å². The van der Waals surface area contributed by atoms with Gasteiger partial charge in [-0.05, 0) is 73.5 Å². The van der Waals surface area contributed by atoms with Gasteiger partial charge < -0.3 is 14.6 Å². The van der Waals surface area contributed by atoms with Gasteiger partial charge in [-0.15, -0.1) is 0 Å². The molecule has 6 rings (SSSR count). The van der Waals surface area contributed by atoms with Crippen molar-refractivity contribution in [3.63, 3.8) is 0 Å². The Kier molecular flexibility index (Phi) is 6.08. The monoisotopic (exact) mass is 546 g/mol. The predicted molar refractivity (Wildman–Crippen MR) is 147 cm³/mol. The van der Waals surface area contributed by atoms with Crippen molar-refractivity contribution < 1.29 is 24.2 Å². The number of thiazole rings is 1. The third kappa shape index (κ3) is 4.10. The average Bonchev–Trinajstić information content (AvgIpc) is 3.56. The molecular formula is C29H23ClN2O5S. The number of aliphatic hydroxyl groups excluding tert-OH is 1. The molecule has 0 saturated carbocycles. The number of carbonyl (C=O) groups excluding carboxylic acids is 2. The molecule has 2 aliphatic heterocycles. The van der Waals surface area contributed by atoms with Crippen LogP contribution in [-0.4, -0.2) is 34.5 Å². The normalized spacial score (nSPS) is 20.1. The number of hydrogen-bond donors (Lipinski definition) is 1. The molecular weight excluding hydrogens is 524 g/mol. The molecule has 0 aliphatic carbocycles. The highest BCUT2D eigenvalue weighted by Gasteiger charge is 2.48. The van der Waals surface area contributed by atoms with Gasteiger partial charge in [-0.2, -0.15) is 0 Å². The van der Waals surface area contributed by atoms with Gasteiger partial charge in [0.15, 0.2) is 5.13 Å². The van der Waals surface area contributed by atoms with E-state index >= 15 is 0 Å². The van der Waals surface area contributed by atoms with Gasteiger partial charge in [0.25, 0.3) is 5.78 Å². The van der Waals surface area contributed by atoms with Crippen LogP contribution < -0.4 is 14.4 Å². The van der Waals surface area contributed by atoms with E-state index in [1.807, 2.05) is 26.0 Å². The van der Waals surface area contributed by atoms with Crippen LogP contribution in [0.1, 0.15) is 36.6 Å². The summed E-state index contributed by atoms with van der Waals surface area (Å²) in [4.78, 5) is 33.1. The first-order valence-corrected chi connectivity index (χ1v) is 13.4. The van der Waals surface area contributed by atoms with Crippen LogP contribution in [0.25, 0.3) is 16.0 Å². The van der Waals surface area contributed by atoms with Crippen molar-refractivity contribution in [2.24, 2.45) is 0 Å². The molecule has 4 aromatic rings. The summed E-state index contributed by atoms with van der Waals surface area (Å²) in [7, 11) is 0. The maximum absolute atomic E-state index is 13.5. The lowest BCUT2D eigenvalue weighted by atomic mass is 9.94. The summed E-state index contributed by atoms with van der Waals surface area (Å²) >= 11 is 7.43. The van der Waals surface area contributed by atoms with Crippen molar-refractivity contribution in [2.75, 3.05) is 11.5 Å². The van der Waals surface area contributed by atoms with E-state index in [1.165, 1.54) is 16.2 Å². The van der Waals surface area contributed by atoms with Gasteiger partial charge in [-0.25, -0.2) is 4.98 Å². The van der Waals surface area contributed by atoms with Crippen molar-refractivity contribution in [2.45, 2.75) is 32.4 Å². The molecule has 0 radical (unpaired) electrons. The number of amides is 1. The Morgan fingerprint density at radius 2 is 2.03 bits per heavy atom. The van der Waals surface area contributed by atoms with E-state index in [4.69, 9.17) is 21.1 Å². The second-order valence-corrected chi connectivity index (χ2v) is 10.7. The van der Waals surface area contributed by atoms with Gasteiger partial charge in [0.05, 0.1) is 28.4 Å². The summed E-state index contributed by atoms with van der Waals surface area (Å²) in [5.41, 5.74) is 2.65. The van der Waals surface area contributed by atoms with E-state index in [1.54, 1.807) is 48.5 Å². The summed E-state index contributed by atoms with van der Waals surface area (Å²) in [6.45, 7) is 4.31. The minimum atomic E-state index is -0.908. The second kappa shape index (κ2) is 9.45. The summed E-state index contributed by atoms with van der Waals surface area (Å²) in [6, 6.07) is 16.9. The van der Waals surface area contributed by atoms with Crippen LogP contribution >= 0.6 is 22.9 Å². The van der Waals surface area contributed by atoms with Crippen LogP contribution in [-0.2, 0) is 16.0 Å². The standard InChI is InChI=1S/C29H23ClN2O5S/c1-3-36-20-6-4-5-16(13-20)25-24(26(33)17-7-10-22-18(12-17)11-15(2)37-22)27(34)28(35)32(25)29-31-21-9-8-19(30)14-23(21)38-29/h4-10,12-15,25,33H,3,11H2,1-2H3/b26-24+/t15-,25+/m1/s1. The number of fused-ring (bicyclic) bond motifs is 2. The van der Waals surface area contributed by atoms with Crippen LogP contribution in [0.5, 0.6) is 11.5 Å². The lowest BCUT2D eigenvalue weighted by Crippen LogP contribution is -2.29. The Morgan fingerprint density at radius 1 is 1.18 bits per heavy atom. The quantitative estimate of drug-likeness (QED) is 0.179. The minimum absolute atomic E-state index is 0.00662. The van der Waals surface area contributed by atoms with E-state index in [-0.39, 0.29) is 17.4 Å². The van der Waals surface area contributed by atoms with Crippen molar-refractivity contribution in [1.82, 2.24) is 4.98 Å². The molecule has 1 aromatic heterocycles. The fourth-order valence-electron chi connectivity index (χ4n) is 5.00. The lowest BCUT2D eigenvalue weighted by molar-refractivity contribution is -0.132. The largest absolute Gasteiger partial charge is 0.507 e. The molecule has 9 heteroatoms. The first-order chi connectivity index (χ1) is 18.3. The number of Topliss-reactive ketones (excluding diaryl/α,β-unsaturated/α-hetero) is 1. The first kappa shape index (κ1) is 24.5. The number of nitrogens with zero attached hydrogens (tertiary/aromatic N) is 2. The smallest absolute Gasteiger partial charge is 0.301 e. The Hall–Kier alpha value is -3.88. The molecule has 2 atom stereocenters. The van der Waals surface area contributed by atoms with Crippen LogP contribution in [0.3, 0.4) is 0 Å². The highest BCUT2D eigenvalue weighted by molar-refractivity contribution is 7.22. The number of aromatic nitrogens is 1. The number of benzene rings is 3. The van der Waals surface area contributed by atoms with Gasteiger partial charge in [0.2, 0.25) is 0 Å². The highest BCUT2D eigenvalue weighted by atomic mass is 35.5. The zero-order valence-electron chi connectivity index (χ0n) is 20.6. The van der Waals surface area contributed by atoms with Crippen molar-refractivity contribution >= 4 is 55.7 Å². The number of carbonyl (C=O) groups is 2. The number of ketones is 1. The number of ether oxygens (including phenoxy) is 2. The van der Waals surface area contributed by atoms with Crippen molar-refractivity contribution in [3.8, 4) is 11.5 Å². The fourth-order valence-corrected chi connectivity index (χ4v) is 6.27. The highest BCUT2D eigenvalue weighted by Crippen LogP contribution is 2.45. The van der Waals surface area contributed by atoms with Gasteiger partial charge in [-0.1, -0.05) is 35.1 Å². The molecule has 3 heterocycles. The van der Waals surface area contributed by atoms with Gasteiger partial charge >= 0.3 is 5.91 Å². The third-order valence-electron chi connectivity index (χ3n) is 6.64. The number of rotatable bonds is 5. The Labute approximate surface area is 227 Å². The Morgan fingerprint density at radius 3 is 2.84 bits per heavy atom. The third-order valence-corrected chi connectivity index (χ3v) is 7.90. The molecule has 38 heavy (non-hydrogen) atoms. The van der Waals surface area contributed by atoms with Crippen molar-refractivity contribution in [3.05, 3.63) is 87.9 Å². The summed E-state index contributed by atoms with van der Waals surface area (Å²) in [5, 5.41) is 12.4. The van der Waals surface area contributed by atoms with E-state index in [9.17, 15) is 14.7 Å². The molecule has 192 valence electrons. The molecule has 1 fully saturated rings. The van der Waals surface area contributed by atoms with Crippen LogP contribution in [0.15, 0.2) is 66.2 Å². The van der Waals surface area contributed by atoms with Gasteiger partial charge in [0.1, 0.15) is 23.4 Å². The summed E-state index contributed by atoms with van der Waals surface area (Å²) in [5.74, 6) is -0.443. The molecule has 7 nitrogen and oxygen atoms in total. The molecule has 0 unspecified atom stereocenters. The molecule has 0 bridgehead atoms. The molecule has 0 spiro atoms. The Bertz CT molecular complexity index is 1650. The summed E-state index contributed by atoms with van der Waals surface area (Å²) < 4.78 is 12.3. The topological polar surface area (TPSA) is 89.0 Å². The predicted octanol–water partition coefficient (Wildman–Crippen LogP) is 6.30. The zero-order valence-corrected chi connectivity index (χ0v) is 22.2. The van der Waals surface area contributed by atoms with Gasteiger partial charge in [0, 0.05) is 17.0 Å². The van der Waals surface area contributed by atoms with E-state index in [0.717, 1.165) is 16.0 Å². The fraction of sp³-hybridized carbons (Fsp3) is 0.207. The SMILES string of the molecule is CCOc1cccc([C@H]2/C(=C(\O)c3ccc4c(c3)C[C@@H](C)O4)C(=O)C(=O)N2c2nc3ccc(Cl)cc3s2)c1. The zero-order chi connectivity index (χ0) is 26.6. The molecule has 3 aromatic carbocycles. The van der Waals surface area contributed by atoms with E-state index in [2.05, 4.69) is 4.98 Å². The van der Waals surface area contributed by atoms with Crippen LogP contribution in [0.4, 0.5) is 5.13 Å². The first-order valence-electron chi connectivity index (χ1n) is 12.2. The number of hydrogen-bond acceptors (Lipinski definition) is 7. The van der Waals surface area contributed by atoms with E-state index < -0.39 is 17.7 Å². The molecule has 1 amide bonds. The lowest BCUT2D eigenvalue weighted by Gasteiger charge is -2.23. The summed E-state index contributed by atoms with van der Waals surface area (Å²) in [6.07, 6.45) is 0.723. The van der Waals surface area contributed by atoms with E-state index in [0.29, 0.717) is 45.6 Å². The average molecular weight is 547 g/mol. The second-order valence-electron chi connectivity index (χ2n) is 9.24. The number of anilines is 1.